The van der Waals surface area contributed by atoms with Gasteiger partial charge in [0.1, 0.15) is 10.8 Å². The monoisotopic (exact) mass is 388 g/mol. The summed E-state index contributed by atoms with van der Waals surface area (Å²) in [5, 5.41) is 15.3. The molecule has 2 N–H and O–H groups in total. The van der Waals surface area contributed by atoms with Crippen LogP contribution in [0, 0.1) is 0 Å². The van der Waals surface area contributed by atoms with Crippen LogP contribution in [0.15, 0.2) is 24.3 Å². The fourth-order valence-electron chi connectivity index (χ4n) is 3.13. The largest absolute Gasteiger partial charge is 0.497 e. The van der Waals surface area contributed by atoms with E-state index in [1.54, 1.807) is 31.4 Å². The highest BCUT2D eigenvalue weighted by Crippen LogP contribution is 2.35. The summed E-state index contributed by atoms with van der Waals surface area (Å²) in [6.07, 6.45) is 6.23. The van der Waals surface area contributed by atoms with Crippen LogP contribution >= 0.6 is 11.3 Å². The van der Waals surface area contributed by atoms with Crippen molar-refractivity contribution in [1.29, 1.82) is 0 Å². The number of methoxy groups -OCH3 is 1. The summed E-state index contributed by atoms with van der Waals surface area (Å²) in [6.45, 7) is 0. The summed E-state index contributed by atoms with van der Waals surface area (Å²) in [5.74, 6) is 0.673. The molecule has 2 aromatic rings. The van der Waals surface area contributed by atoms with Crippen molar-refractivity contribution in [2.24, 2.45) is 0 Å². The number of nitrogens with one attached hydrogen (secondary N) is 2. The number of hydrogen-bond acceptors (Lipinski definition) is 6. The average molecular weight is 388 g/mol. The molecule has 0 aliphatic heterocycles. The lowest BCUT2D eigenvalue weighted by molar-refractivity contribution is -0.121. The Balaban J connectivity index is 1.43. The van der Waals surface area contributed by atoms with E-state index in [9.17, 15) is 9.59 Å². The van der Waals surface area contributed by atoms with Crippen molar-refractivity contribution in [3.8, 4) is 5.75 Å². The first-order valence-electron chi connectivity index (χ1n) is 9.21. The molecule has 0 bridgehead atoms. The molecule has 0 unspecified atom stereocenters. The van der Waals surface area contributed by atoms with Crippen molar-refractivity contribution in [2.75, 3.05) is 17.7 Å². The molecule has 0 radical (unpaired) electrons. The molecule has 144 valence electrons. The maximum absolute atomic E-state index is 12.1. The van der Waals surface area contributed by atoms with Crippen molar-refractivity contribution in [3.63, 3.8) is 0 Å². The molecular formula is C19H24N4O3S. The number of benzene rings is 1. The molecule has 1 aliphatic carbocycles. The summed E-state index contributed by atoms with van der Waals surface area (Å²) in [7, 11) is 1.57. The van der Waals surface area contributed by atoms with Gasteiger partial charge in [0, 0.05) is 30.5 Å². The standard InChI is InChI=1S/C19H24N4O3S/c1-26-15-9-5-8-14(12-15)20-16(24)10-11-17(25)21-19-23-22-18(27-19)13-6-3-2-4-7-13/h5,8-9,12-13H,2-4,6-7,10-11H2,1H3,(H,20,24)(H,21,23,25). The minimum atomic E-state index is -0.234. The Hall–Kier alpha value is -2.48. The van der Waals surface area contributed by atoms with Crippen LogP contribution in [0.3, 0.4) is 0 Å². The molecule has 1 saturated carbocycles. The molecule has 0 atom stereocenters. The summed E-state index contributed by atoms with van der Waals surface area (Å²) in [4.78, 5) is 24.1. The molecule has 7 nitrogen and oxygen atoms in total. The summed E-state index contributed by atoms with van der Waals surface area (Å²) >= 11 is 1.44. The molecule has 2 amide bonds. The maximum atomic E-state index is 12.1. The summed E-state index contributed by atoms with van der Waals surface area (Å²) in [6, 6.07) is 7.09. The molecular weight excluding hydrogens is 364 g/mol. The van der Waals surface area contributed by atoms with Crippen LogP contribution in [-0.2, 0) is 9.59 Å². The van der Waals surface area contributed by atoms with E-state index in [1.165, 1.54) is 30.6 Å². The third kappa shape index (κ3) is 5.75. The Morgan fingerprint density at radius 3 is 2.59 bits per heavy atom. The number of nitrogens with zero attached hydrogens (tertiary/aromatic N) is 2. The average Bonchev–Trinajstić information content (AvgIpc) is 3.15. The number of ether oxygens (including phenoxy) is 1. The summed E-state index contributed by atoms with van der Waals surface area (Å²) < 4.78 is 5.12. The Bertz CT molecular complexity index is 787. The molecule has 1 aromatic heterocycles. The summed E-state index contributed by atoms with van der Waals surface area (Å²) in [5.41, 5.74) is 0.640. The fourth-order valence-corrected chi connectivity index (χ4v) is 4.06. The Morgan fingerprint density at radius 2 is 1.85 bits per heavy atom. The van der Waals surface area contributed by atoms with Gasteiger partial charge in [-0.25, -0.2) is 0 Å². The van der Waals surface area contributed by atoms with Gasteiger partial charge >= 0.3 is 0 Å². The number of anilines is 2. The zero-order valence-corrected chi connectivity index (χ0v) is 16.2. The van der Waals surface area contributed by atoms with Crippen LogP contribution in [-0.4, -0.2) is 29.1 Å². The molecule has 1 heterocycles. The van der Waals surface area contributed by atoms with Gasteiger partial charge in [-0.1, -0.05) is 36.7 Å². The van der Waals surface area contributed by atoms with E-state index < -0.39 is 0 Å². The lowest BCUT2D eigenvalue weighted by atomic mass is 9.90. The Morgan fingerprint density at radius 1 is 1.11 bits per heavy atom. The first kappa shape index (κ1) is 19.3. The first-order chi connectivity index (χ1) is 13.1. The van der Waals surface area contributed by atoms with E-state index in [2.05, 4.69) is 20.8 Å². The zero-order chi connectivity index (χ0) is 19.1. The van der Waals surface area contributed by atoms with Gasteiger partial charge in [0.25, 0.3) is 0 Å². The molecule has 3 rings (SSSR count). The minimum absolute atomic E-state index is 0.0914. The van der Waals surface area contributed by atoms with Gasteiger partial charge in [0.15, 0.2) is 0 Å². The first-order valence-corrected chi connectivity index (χ1v) is 10.0. The highest BCUT2D eigenvalue weighted by Gasteiger charge is 2.20. The van der Waals surface area contributed by atoms with Crippen molar-refractivity contribution in [2.45, 2.75) is 50.9 Å². The second kappa shape index (κ2) is 9.45. The van der Waals surface area contributed by atoms with Crippen molar-refractivity contribution >= 4 is 34.0 Å². The number of rotatable bonds is 7. The second-order valence-corrected chi connectivity index (χ2v) is 7.62. The minimum Gasteiger partial charge on any atom is -0.497 e. The van der Waals surface area contributed by atoms with Crippen LogP contribution in [0.1, 0.15) is 55.9 Å². The van der Waals surface area contributed by atoms with E-state index in [4.69, 9.17) is 4.74 Å². The highest BCUT2D eigenvalue weighted by atomic mass is 32.1. The van der Waals surface area contributed by atoms with Crippen molar-refractivity contribution in [3.05, 3.63) is 29.3 Å². The predicted octanol–water partition coefficient (Wildman–Crippen LogP) is 3.95. The normalized spacial score (nSPS) is 14.6. The van der Waals surface area contributed by atoms with E-state index in [0.717, 1.165) is 17.8 Å². The number of amides is 2. The molecule has 27 heavy (non-hydrogen) atoms. The third-order valence-corrected chi connectivity index (χ3v) is 5.58. The maximum Gasteiger partial charge on any atom is 0.226 e. The topological polar surface area (TPSA) is 93.2 Å². The molecule has 0 saturated heterocycles. The lowest BCUT2D eigenvalue weighted by Gasteiger charge is -2.18. The van der Waals surface area contributed by atoms with Crippen LogP contribution < -0.4 is 15.4 Å². The van der Waals surface area contributed by atoms with Crippen molar-refractivity contribution < 1.29 is 14.3 Å². The molecule has 1 aliphatic rings. The van der Waals surface area contributed by atoms with E-state index in [1.807, 2.05) is 0 Å². The quantitative estimate of drug-likeness (QED) is 0.749. The van der Waals surface area contributed by atoms with Gasteiger partial charge in [0.2, 0.25) is 16.9 Å². The molecule has 0 spiro atoms. The van der Waals surface area contributed by atoms with Gasteiger partial charge < -0.3 is 15.4 Å². The molecule has 8 heteroatoms. The van der Waals surface area contributed by atoms with E-state index in [0.29, 0.717) is 22.5 Å². The van der Waals surface area contributed by atoms with Gasteiger partial charge in [0.05, 0.1) is 7.11 Å². The predicted molar refractivity (Wildman–Crippen MR) is 105 cm³/mol. The SMILES string of the molecule is COc1cccc(NC(=O)CCC(=O)Nc2nnc(C3CCCCC3)s2)c1. The van der Waals surface area contributed by atoms with Gasteiger partial charge in [-0.15, -0.1) is 10.2 Å². The Labute approximate surface area is 162 Å². The molecule has 1 aromatic carbocycles. The van der Waals surface area contributed by atoms with Gasteiger partial charge in [-0.05, 0) is 25.0 Å². The van der Waals surface area contributed by atoms with Crippen LogP contribution in [0.2, 0.25) is 0 Å². The van der Waals surface area contributed by atoms with Crippen LogP contribution in [0.5, 0.6) is 5.75 Å². The number of aromatic nitrogens is 2. The fraction of sp³-hybridized carbons (Fsp3) is 0.474. The Kier molecular flexibility index (Phi) is 6.75. The van der Waals surface area contributed by atoms with Gasteiger partial charge in [-0.2, -0.15) is 0 Å². The molecule has 1 fully saturated rings. The van der Waals surface area contributed by atoms with Crippen LogP contribution in [0.25, 0.3) is 0 Å². The third-order valence-electron chi connectivity index (χ3n) is 4.57. The van der Waals surface area contributed by atoms with E-state index >= 15 is 0 Å². The van der Waals surface area contributed by atoms with Gasteiger partial charge in [-0.3, -0.25) is 9.59 Å². The highest BCUT2D eigenvalue weighted by molar-refractivity contribution is 7.15. The second-order valence-electron chi connectivity index (χ2n) is 6.61. The number of hydrogen-bond donors (Lipinski definition) is 2. The number of carbonyl (C=O) groups is 2. The smallest absolute Gasteiger partial charge is 0.226 e. The zero-order valence-electron chi connectivity index (χ0n) is 15.4. The van der Waals surface area contributed by atoms with E-state index in [-0.39, 0.29) is 24.7 Å². The van der Waals surface area contributed by atoms with Crippen LogP contribution in [0.4, 0.5) is 10.8 Å². The number of carbonyl (C=O) groups excluding carboxylic acids is 2. The lowest BCUT2D eigenvalue weighted by Crippen LogP contribution is -2.17. The van der Waals surface area contributed by atoms with Crippen molar-refractivity contribution in [1.82, 2.24) is 10.2 Å².